The smallest absolute Gasteiger partial charge is 0.174 e. The molecule has 7 heteroatoms. The van der Waals surface area contributed by atoms with E-state index in [1.807, 2.05) is 32.9 Å². The van der Waals surface area contributed by atoms with Crippen LogP contribution in [0.2, 0.25) is 0 Å². The Bertz CT molecular complexity index is 752. The lowest BCUT2D eigenvalue weighted by molar-refractivity contribution is 0.374. The first-order valence-corrected chi connectivity index (χ1v) is 7.92. The summed E-state index contributed by atoms with van der Waals surface area (Å²) in [6.45, 7) is 6.61. The number of nitriles is 2. The van der Waals surface area contributed by atoms with E-state index in [2.05, 4.69) is 10.3 Å². The third kappa shape index (κ3) is 5.71. The average Bonchev–Trinajstić information content (AvgIpc) is 2.62. The van der Waals surface area contributed by atoms with Gasteiger partial charge in [0.1, 0.15) is 29.4 Å². The summed E-state index contributed by atoms with van der Waals surface area (Å²) in [5.41, 5.74) is 0.591. The predicted octanol–water partition coefficient (Wildman–Crippen LogP) is 3.03. The number of allylic oxidation sites excluding steroid dienone is 2. The molecule has 26 heavy (non-hydrogen) atoms. The third-order valence-corrected chi connectivity index (χ3v) is 3.33. The number of hydrogen-bond donors (Lipinski definition) is 1. The van der Waals surface area contributed by atoms with Crippen molar-refractivity contribution in [3.8, 4) is 29.4 Å². The highest BCUT2D eigenvalue weighted by atomic mass is 16.5. The molecule has 0 amide bonds. The van der Waals surface area contributed by atoms with E-state index in [4.69, 9.17) is 14.2 Å². The minimum absolute atomic E-state index is 0.0170. The van der Waals surface area contributed by atoms with Crippen molar-refractivity contribution in [3.05, 3.63) is 29.1 Å². The Morgan fingerprint density at radius 1 is 1.08 bits per heavy atom. The molecule has 0 saturated carbocycles. The van der Waals surface area contributed by atoms with Crippen LogP contribution in [0.3, 0.4) is 0 Å². The van der Waals surface area contributed by atoms with Gasteiger partial charge in [-0.15, -0.1) is 0 Å². The maximum atomic E-state index is 9.37. The molecule has 1 aromatic rings. The van der Waals surface area contributed by atoms with Crippen molar-refractivity contribution in [2.24, 2.45) is 10.4 Å². The van der Waals surface area contributed by atoms with Crippen LogP contribution in [-0.4, -0.2) is 34.1 Å². The summed E-state index contributed by atoms with van der Waals surface area (Å²) < 4.78 is 15.9. The van der Waals surface area contributed by atoms with E-state index in [0.29, 0.717) is 29.4 Å². The summed E-state index contributed by atoms with van der Waals surface area (Å²) in [7, 11) is 4.56. The maximum Gasteiger partial charge on any atom is 0.174 e. The van der Waals surface area contributed by atoms with E-state index < -0.39 is 0 Å². The van der Waals surface area contributed by atoms with E-state index >= 15 is 0 Å². The Hall–Kier alpha value is -3.19. The number of hydrogen-bond acceptors (Lipinski definition) is 7. The van der Waals surface area contributed by atoms with Crippen LogP contribution < -0.4 is 19.5 Å². The zero-order valence-electron chi connectivity index (χ0n) is 16.0. The topological polar surface area (TPSA) is 99.7 Å². The quantitative estimate of drug-likeness (QED) is 0.595. The van der Waals surface area contributed by atoms with Crippen molar-refractivity contribution in [1.82, 2.24) is 5.32 Å². The molecule has 0 fully saturated rings. The van der Waals surface area contributed by atoms with Gasteiger partial charge in [0, 0.05) is 24.9 Å². The van der Waals surface area contributed by atoms with Crippen LogP contribution in [0.15, 0.2) is 28.5 Å². The van der Waals surface area contributed by atoms with Crippen LogP contribution in [0, 0.1) is 28.1 Å². The van der Waals surface area contributed by atoms with E-state index in [0.717, 1.165) is 0 Å². The summed E-state index contributed by atoms with van der Waals surface area (Å²) >= 11 is 0. The second-order valence-corrected chi connectivity index (χ2v) is 6.57. The van der Waals surface area contributed by atoms with Crippen molar-refractivity contribution < 1.29 is 14.2 Å². The largest absolute Gasteiger partial charge is 0.496 e. The van der Waals surface area contributed by atoms with E-state index in [1.54, 1.807) is 19.2 Å². The van der Waals surface area contributed by atoms with Crippen LogP contribution in [-0.2, 0) is 0 Å². The number of methoxy groups -OCH3 is 3. The SMILES string of the molecule is COc1cc(OC)c(C=N/C(C#N)=C(/C#N)NCC(C)(C)C)c(OC)c1. The van der Waals surface area contributed by atoms with Gasteiger partial charge in [-0.1, -0.05) is 20.8 Å². The lowest BCUT2D eigenvalue weighted by Gasteiger charge is -2.19. The Balaban J connectivity index is 3.30. The van der Waals surface area contributed by atoms with Gasteiger partial charge in [0.2, 0.25) is 0 Å². The molecule has 0 radical (unpaired) electrons. The molecule has 7 nitrogen and oxygen atoms in total. The molecule has 0 aliphatic heterocycles. The monoisotopic (exact) mass is 356 g/mol. The number of rotatable bonds is 7. The molecule has 0 unspecified atom stereocenters. The summed E-state index contributed by atoms with van der Waals surface area (Å²) in [4.78, 5) is 4.16. The summed E-state index contributed by atoms with van der Waals surface area (Å²) in [5.74, 6) is 1.52. The third-order valence-electron chi connectivity index (χ3n) is 3.33. The number of benzene rings is 1. The zero-order valence-corrected chi connectivity index (χ0v) is 16.0. The lowest BCUT2D eigenvalue weighted by atomic mass is 9.97. The fourth-order valence-electron chi connectivity index (χ4n) is 1.97. The second kappa shape index (κ2) is 9.33. The first-order valence-electron chi connectivity index (χ1n) is 7.92. The Labute approximate surface area is 154 Å². The summed E-state index contributed by atoms with van der Waals surface area (Å²) in [6.07, 6.45) is 1.44. The Morgan fingerprint density at radius 2 is 1.65 bits per heavy atom. The maximum absolute atomic E-state index is 9.37. The summed E-state index contributed by atoms with van der Waals surface area (Å²) in [6, 6.07) is 7.30. The molecule has 1 N–H and O–H groups in total. The number of ether oxygens (including phenoxy) is 3. The highest BCUT2D eigenvalue weighted by molar-refractivity contribution is 5.89. The highest BCUT2D eigenvalue weighted by Crippen LogP contribution is 2.32. The van der Waals surface area contributed by atoms with Gasteiger partial charge in [0.05, 0.1) is 26.9 Å². The van der Waals surface area contributed by atoms with Gasteiger partial charge < -0.3 is 19.5 Å². The molecule has 0 saturated heterocycles. The van der Waals surface area contributed by atoms with Crippen LogP contribution in [0.25, 0.3) is 0 Å². The van der Waals surface area contributed by atoms with Gasteiger partial charge in [0.25, 0.3) is 0 Å². The van der Waals surface area contributed by atoms with Crippen molar-refractivity contribution in [1.29, 1.82) is 10.5 Å². The molecule has 0 atom stereocenters. The number of aliphatic imine (C=N–C) groups is 1. The van der Waals surface area contributed by atoms with Crippen molar-refractivity contribution in [3.63, 3.8) is 0 Å². The number of nitrogens with zero attached hydrogens (tertiary/aromatic N) is 3. The second-order valence-electron chi connectivity index (χ2n) is 6.57. The molecule has 0 aliphatic carbocycles. The first-order chi connectivity index (χ1) is 12.3. The van der Waals surface area contributed by atoms with Crippen molar-refractivity contribution in [2.45, 2.75) is 20.8 Å². The molecule has 1 aromatic carbocycles. The minimum Gasteiger partial charge on any atom is -0.496 e. The van der Waals surface area contributed by atoms with Gasteiger partial charge in [-0.25, -0.2) is 4.99 Å². The molecule has 0 bridgehead atoms. The minimum atomic E-state index is -0.0468. The number of nitrogens with one attached hydrogen (secondary N) is 1. The van der Waals surface area contributed by atoms with E-state index in [1.165, 1.54) is 20.4 Å². The Kier molecular flexibility index (Phi) is 7.49. The van der Waals surface area contributed by atoms with Crippen molar-refractivity contribution in [2.75, 3.05) is 27.9 Å². The molecular formula is C19H24N4O3. The molecule has 0 heterocycles. The highest BCUT2D eigenvalue weighted by Gasteiger charge is 2.14. The standard InChI is InChI=1S/C19H24N4O3/c1-19(2,3)12-23-16(10-21)15(9-20)22-11-14-17(25-5)7-13(24-4)8-18(14)26-6/h7-8,11,23H,12H2,1-6H3/b16-15-,22-11?. The molecule has 0 aliphatic rings. The van der Waals surface area contributed by atoms with E-state index in [-0.39, 0.29) is 16.8 Å². The van der Waals surface area contributed by atoms with Gasteiger partial charge >= 0.3 is 0 Å². The van der Waals surface area contributed by atoms with Gasteiger partial charge in [-0.3, -0.25) is 0 Å². The van der Waals surface area contributed by atoms with Crippen molar-refractivity contribution >= 4 is 6.21 Å². The first kappa shape index (κ1) is 20.9. The molecule has 1 rings (SSSR count). The van der Waals surface area contributed by atoms with Crippen LogP contribution >= 0.6 is 0 Å². The van der Waals surface area contributed by atoms with E-state index in [9.17, 15) is 10.5 Å². The Morgan fingerprint density at radius 3 is 2.04 bits per heavy atom. The van der Waals surface area contributed by atoms with Gasteiger partial charge in [-0.2, -0.15) is 10.5 Å². The zero-order chi connectivity index (χ0) is 19.7. The average molecular weight is 356 g/mol. The van der Waals surface area contributed by atoms with Crippen LogP contribution in [0.1, 0.15) is 26.3 Å². The van der Waals surface area contributed by atoms with Crippen LogP contribution in [0.5, 0.6) is 17.2 Å². The lowest BCUT2D eigenvalue weighted by Crippen LogP contribution is -2.26. The molecular weight excluding hydrogens is 332 g/mol. The summed E-state index contributed by atoms with van der Waals surface area (Å²) in [5, 5.41) is 21.7. The predicted molar refractivity (Wildman–Crippen MR) is 99.4 cm³/mol. The van der Waals surface area contributed by atoms with Crippen LogP contribution in [0.4, 0.5) is 0 Å². The normalized spacial score (nSPS) is 12.0. The van der Waals surface area contributed by atoms with Gasteiger partial charge in [0.15, 0.2) is 11.4 Å². The van der Waals surface area contributed by atoms with Gasteiger partial charge in [-0.05, 0) is 5.41 Å². The molecule has 0 aromatic heterocycles. The molecule has 0 spiro atoms. The fourth-order valence-corrected chi connectivity index (χ4v) is 1.97. The molecule has 138 valence electrons. The fraction of sp³-hybridized carbons (Fsp3) is 0.421.